The molecule has 0 aromatic heterocycles. The maximum atomic E-state index is 13.5. The van der Waals surface area contributed by atoms with Crippen LogP contribution < -0.4 is 10.1 Å². The lowest BCUT2D eigenvalue weighted by atomic mass is 9.99. The van der Waals surface area contributed by atoms with Gasteiger partial charge in [-0.05, 0) is 18.2 Å². The van der Waals surface area contributed by atoms with E-state index in [9.17, 15) is 18.0 Å². The molecule has 5 nitrogen and oxygen atoms in total. The topological polar surface area (TPSA) is 50.8 Å². The monoisotopic (exact) mass is 344 g/mol. The van der Waals surface area contributed by atoms with Gasteiger partial charge in [-0.3, -0.25) is 9.69 Å². The van der Waals surface area contributed by atoms with Gasteiger partial charge in [-0.15, -0.1) is 0 Å². The van der Waals surface area contributed by atoms with E-state index in [0.29, 0.717) is 30.9 Å². The molecular formula is C16H19F3N2O3. The Kier molecular flexibility index (Phi) is 5.25. The summed E-state index contributed by atoms with van der Waals surface area (Å²) < 4.78 is 49.6. The summed E-state index contributed by atoms with van der Waals surface area (Å²) >= 11 is 0. The highest BCUT2D eigenvalue weighted by Gasteiger charge is 2.33. The van der Waals surface area contributed by atoms with E-state index >= 15 is 0 Å². The molecule has 8 heteroatoms. The third kappa shape index (κ3) is 3.81. The Morgan fingerprint density at radius 2 is 2.21 bits per heavy atom. The van der Waals surface area contributed by atoms with Gasteiger partial charge in [0.2, 0.25) is 5.91 Å². The zero-order valence-electron chi connectivity index (χ0n) is 13.0. The molecule has 1 aromatic carbocycles. The summed E-state index contributed by atoms with van der Waals surface area (Å²) in [7, 11) is 0. The number of alkyl halides is 2. The van der Waals surface area contributed by atoms with Crippen molar-refractivity contribution in [3.63, 3.8) is 0 Å². The van der Waals surface area contributed by atoms with Crippen molar-refractivity contribution < 1.29 is 27.4 Å². The number of hydrogen-bond donors (Lipinski definition) is 1. The largest absolute Gasteiger partial charge is 0.493 e. The Morgan fingerprint density at radius 3 is 3.00 bits per heavy atom. The third-order valence-electron chi connectivity index (χ3n) is 4.24. The van der Waals surface area contributed by atoms with Gasteiger partial charge in [0.1, 0.15) is 17.6 Å². The van der Waals surface area contributed by atoms with Crippen LogP contribution in [0.1, 0.15) is 18.0 Å². The first kappa shape index (κ1) is 17.0. The number of morpholine rings is 1. The first-order valence-electron chi connectivity index (χ1n) is 7.87. The molecule has 0 saturated carbocycles. The molecule has 0 aliphatic carbocycles. The highest BCUT2D eigenvalue weighted by Crippen LogP contribution is 2.32. The normalized spacial score (nSPS) is 24.3. The van der Waals surface area contributed by atoms with Gasteiger partial charge in [0.25, 0.3) is 6.43 Å². The maximum absolute atomic E-state index is 13.5. The van der Waals surface area contributed by atoms with E-state index in [1.54, 1.807) is 0 Å². The molecule has 132 valence electrons. The molecule has 1 saturated heterocycles. The molecule has 3 rings (SSSR count). The lowest BCUT2D eigenvalue weighted by Crippen LogP contribution is -2.55. The average Bonchev–Trinajstić information content (AvgIpc) is 2.55. The molecule has 0 unspecified atom stereocenters. The van der Waals surface area contributed by atoms with Gasteiger partial charge in [0.05, 0.1) is 32.4 Å². The van der Waals surface area contributed by atoms with E-state index < -0.39 is 36.8 Å². The second-order valence-corrected chi connectivity index (χ2v) is 5.86. The SMILES string of the molecule is O=C(N[C@H]1CCOc2ccc(F)cc21)[C@H]1COCCN1CC(F)F. The predicted molar refractivity (Wildman–Crippen MR) is 79.6 cm³/mol. The van der Waals surface area contributed by atoms with E-state index in [2.05, 4.69) is 5.32 Å². The minimum atomic E-state index is -2.52. The van der Waals surface area contributed by atoms with Crippen molar-refractivity contribution in [2.24, 2.45) is 0 Å². The molecule has 24 heavy (non-hydrogen) atoms. The fraction of sp³-hybridized carbons (Fsp3) is 0.562. The Morgan fingerprint density at radius 1 is 1.38 bits per heavy atom. The maximum Gasteiger partial charge on any atom is 0.251 e. The number of nitrogens with zero attached hydrogens (tertiary/aromatic N) is 1. The molecule has 1 amide bonds. The predicted octanol–water partition coefficient (Wildman–Crippen LogP) is 1.73. The second-order valence-electron chi connectivity index (χ2n) is 5.86. The minimum Gasteiger partial charge on any atom is -0.493 e. The smallest absolute Gasteiger partial charge is 0.251 e. The fourth-order valence-electron chi connectivity index (χ4n) is 3.06. The Balaban J connectivity index is 1.71. The van der Waals surface area contributed by atoms with E-state index in [-0.39, 0.29) is 13.2 Å². The summed E-state index contributed by atoms with van der Waals surface area (Å²) in [5.41, 5.74) is 0.562. The van der Waals surface area contributed by atoms with Crippen LogP contribution in [0.15, 0.2) is 18.2 Å². The molecule has 2 atom stereocenters. The van der Waals surface area contributed by atoms with E-state index in [4.69, 9.17) is 9.47 Å². The molecule has 0 bridgehead atoms. The van der Waals surface area contributed by atoms with Gasteiger partial charge in [-0.2, -0.15) is 0 Å². The Hall–Kier alpha value is -1.80. The van der Waals surface area contributed by atoms with Crippen LogP contribution in [0.4, 0.5) is 13.2 Å². The van der Waals surface area contributed by atoms with Gasteiger partial charge < -0.3 is 14.8 Å². The molecule has 1 fully saturated rings. The number of ether oxygens (including phenoxy) is 2. The Labute approximate surface area is 137 Å². The zero-order valence-corrected chi connectivity index (χ0v) is 13.0. The van der Waals surface area contributed by atoms with Crippen molar-refractivity contribution in [1.29, 1.82) is 0 Å². The number of fused-ring (bicyclic) bond motifs is 1. The van der Waals surface area contributed by atoms with Crippen LogP contribution in [0.2, 0.25) is 0 Å². The average molecular weight is 344 g/mol. The molecule has 2 aliphatic heterocycles. The van der Waals surface area contributed by atoms with Crippen molar-refractivity contribution in [1.82, 2.24) is 10.2 Å². The number of hydrogen-bond acceptors (Lipinski definition) is 4. The van der Waals surface area contributed by atoms with Crippen molar-refractivity contribution in [2.45, 2.75) is 24.9 Å². The first-order chi connectivity index (χ1) is 11.5. The van der Waals surface area contributed by atoms with Crippen molar-refractivity contribution in [2.75, 3.05) is 32.9 Å². The van der Waals surface area contributed by atoms with Gasteiger partial charge in [0.15, 0.2) is 0 Å². The summed E-state index contributed by atoms with van der Waals surface area (Å²) in [6.07, 6.45) is -2.03. The Bertz CT molecular complexity index is 600. The lowest BCUT2D eigenvalue weighted by Gasteiger charge is -2.35. The number of carbonyl (C=O) groups excluding carboxylic acids is 1. The minimum absolute atomic E-state index is 0.0672. The molecule has 0 spiro atoms. The summed E-state index contributed by atoms with van der Waals surface area (Å²) in [4.78, 5) is 14.0. The van der Waals surface area contributed by atoms with Crippen molar-refractivity contribution in [3.05, 3.63) is 29.6 Å². The van der Waals surface area contributed by atoms with E-state index in [0.717, 1.165) is 0 Å². The summed E-state index contributed by atoms with van der Waals surface area (Å²) in [6.45, 7) is 0.590. The number of benzene rings is 1. The third-order valence-corrected chi connectivity index (χ3v) is 4.24. The number of rotatable bonds is 4. The van der Waals surface area contributed by atoms with E-state index in [1.807, 2.05) is 0 Å². The van der Waals surface area contributed by atoms with E-state index in [1.165, 1.54) is 23.1 Å². The number of carbonyl (C=O) groups is 1. The summed E-state index contributed by atoms with van der Waals surface area (Å²) in [5, 5.41) is 2.82. The van der Waals surface area contributed by atoms with Crippen molar-refractivity contribution >= 4 is 5.91 Å². The highest BCUT2D eigenvalue weighted by atomic mass is 19.3. The molecule has 1 N–H and O–H groups in total. The van der Waals surface area contributed by atoms with Crippen LogP contribution in [0.3, 0.4) is 0 Å². The molecular weight excluding hydrogens is 325 g/mol. The van der Waals surface area contributed by atoms with Gasteiger partial charge >= 0.3 is 0 Å². The highest BCUT2D eigenvalue weighted by molar-refractivity contribution is 5.82. The lowest BCUT2D eigenvalue weighted by molar-refractivity contribution is -0.134. The molecule has 2 aliphatic rings. The zero-order chi connectivity index (χ0) is 17.1. The second kappa shape index (κ2) is 7.40. The quantitative estimate of drug-likeness (QED) is 0.904. The van der Waals surface area contributed by atoms with Gasteiger partial charge in [-0.25, -0.2) is 13.2 Å². The van der Waals surface area contributed by atoms with Gasteiger partial charge in [0, 0.05) is 18.5 Å². The standard InChI is InChI=1S/C16H19F3N2O3/c17-10-1-2-14-11(7-10)12(3-5-24-14)20-16(22)13-9-23-6-4-21(13)8-15(18)19/h1-2,7,12-13,15H,3-6,8-9H2,(H,20,22)/t12-,13+/m0/s1. The van der Waals surface area contributed by atoms with Crippen LogP contribution in [0.5, 0.6) is 5.75 Å². The first-order valence-corrected chi connectivity index (χ1v) is 7.87. The van der Waals surface area contributed by atoms with Crippen molar-refractivity contribution in [3.8, 4) is 5.75 Å². The van der Waals surface area contributed by atoms with Gasteiger partial charge in [-0.1, -0.05) is 0 Å². The van der Waals surface area contributed by atoms with Crippen LogP contribution >= 0.6 is 0 Å². The van der Waals surface area contributed by atoms with Crippen LogP contribution in [0.25, 0.3) is 0 Å². The molecule has 1 aromatic rings. The summed E-state index contributed by atoms with van der Waals surface area (Å²) in [6, 6.07) is 2.96. The number of amides is 1. The van der Waals surface area contributed by atoms with Crippen LogP contribution in [-0.4, -0.2) is 56.2 Å². The number of nitrogens with one attached hydrogen (secondary N) is 1. The molecule has 2 heterocycles. The summed E-state index contributed by atoms with van der Waals surface area (Å²) in [5.74, 6) is -0.284. The molecule has 0 radical (unpaired) electrons. The van der Waals surface area contributed by atoms with Crippen LogP contribution in [0, 0.1) is 5.82 Å². The fourth-order valence-corrected chi connectivity index (χ4v) is 3.06. The van der Waals surface area contributed by atoms with Crippen LogP contribution in [-0.2, 0) is 9.53 Å². The number of halogens is 3.